The van der Waals surface area contributed by atoms with Crippen molar-refractivity contribution in [2.45, 2.75) is 38.3 Å². The van der Waals surface area contributed by atoms with E-state index in [2.05, 4.69) is 37.0 Å². The number of hydrogen-bond donors (Lipinski definition) is 2. The van der Waals surface area contributed by atoms with Crippen molar-refractivity contribution in [1.82, 2.24) is 30.1 Å². The number of nitrogens with two attached hydrogens (primary N) is 1. The van der Waals surface area contributed by atoms with Crippen molar-refractivity contribution >= 4 is 46.7 Å². The fourth-order valence-electron chi connectivity index (χ4n) is 4.90. The van der Waals surface area contributed by atoms with Gasteiger partial charge in [0.2, 0.25) is 0 Å². The summed E-state index contributed by atoms with van der Waals surface area (Å²) in [7, 11) is 1.51. The van der Waals surface area contributed by atoms with Crippen molar-refractivity contribution in [2.24, 2.45) is 0 Å². The van der Waals surface area contributed by atoms with Gasteiger partial charge >= 0.3 is 0 Å². The first kappa shape index (κ1) is 25.4. The topological polar surface area (TPSA) is 121 Å². The molecule has 0 radical (unpaired) electrons. The number of pyridine rings is 1. The van der Waals surface area contributed by atoms with Crippen molar-refractivity contribution in [3.8, 4) is 0 Å². The molecule has 0 bridgehead atoms. The van der Waals surface area contributed by atoms with Gasteiger partial charge in [-0.3, -0.25) is 14.5 Å². The van der Waals surface area contributed by atoms with Crippen molar-refractivity contribution in [3.05, 3.63) is 39.9 Å². The quantitative estimate of drug-likeness (QED) is 0.576. The lowest BCUT2D eigenvalue weighted by Crippen LogP contribution is -2.58. The van der Waals surface area contributed by atoms with Crippen LogP contribution in [0.2, 0.25) is 10.3 Å². The van der Waals surface area contributed by atoms with Crippen LogP contribution in [-0.2, 0) is 0 Å². The molecule has 4 rings (SSSR count). The number of nitrogens with one attached hydrogen (secondary N) is 1. The van der Waals surface area contributed by atoms with E-state index in [-0.39, 0.29) is 22.6 Å². The zero-order chi connectivity index (χ0) is 25.1. The molecule has 3 N–H and O–H groups in total. The molecule has 2 aliphatic rings. The number of nitrogen functional groups attached to an aromatic ring is 1. The predicted octanol–water partition coefficient (Wildman–Crippen LogP) is 2.33. The maximum Gasteiger partial charge on any atom is 0.273 e. The Morgan fingerprint density at radius 2 is 1.89 bits per heavy atom. The van der Waals surface area contributed by atoms with E-state index in [1.54, 1.807) is 12.1 Å². The fourth-order valence-corrected chi connectivity index (χ4v) is 5.25. The summed E-state index contributed by atoms with van der Waals surface area (Å²) >= 11 is 12.2. The number of halogens is 2. The summed E-state index contributed by atoms with van der Waals surface area (Å²) in [5, 5.41) is 3.04. The highest BCUT2D eigenvalue weighted by Gasteiger charge is 2.35. The molecule has 0 saturated carbocycles. The standard InChI is InChI=1S/C23H30Cl2N8O2/c1-3-15-13-32(21-19(25)29-18(20(26)30-21)22(34)27-2)10-11-33(15)16-6-8-31(9-7-16)23(35)14-4-5-17(24)28-12-14/h4-5,12,15-16H,3,6-11,13H2,1-2H3,(H2,26,30)(H,27,34)/t15-/m0/s1. The third kappa shape index (κ3) is 5.44. The number of carbonyl (C=O) groups excluding carboxylic acids is 2. The smallest absolute Gasteiger partial charge is 0.273 e. The van der Waals surface area contributed by atoms with E-state index in [0.29, 0.717) is 41.7 Å². The molecule has 4 heterocycles. The van der Waals surface area contributed by atoms with Gasteiger partial charge in [0.1, 0.15) is 5.15 Å². The number of carbonyl (C=O) groups is 2. The molecule has 1 atom stereocenters. The van der Waals surface area contributed by atoms with Crippen LogP contribution in [0.15, 0.2) is 18.3 Å². The van der Waals surface area contributed by atoms with E-state index in [9.17, 15) is 9.59 Å². The Balaban J connectivity index is 1.39. The maximum atomic E-state index is 12.8. The van der Waals surface area contributed by atoms with Gasteiger partial charge in [-0.15, -0.1) is 0 Å². The molecule has 188 valence electrons. The molecule has 2 aromatic heterocycles. The van der Waals surface area contributed by atoms with Gasteiger partial charge in [0.15, 0.2) is 22.5 Å². The number of aromatic nitrogens is 3. The highest BCUT2D eigenvalue weighted by Crippen LogP contribution is 2.30. The van der Waals surface area contributed by atoms with Gasteiger partial charge in [0.25, 0.3) is 11.8 Å². The molecule has 2 aromatic rings. The Bertz CT molecular complexity index is 1080. The lowest BCUT2D eigenvalue weighted by molar-refractivity contribution is 0.0490. The lowest BCUT2D eigenvalue weighted by Gasteiger charge is -2.47. The monoisotopic (exact) mass is 520 g/mol. The number of piperidine rings is 1. The van der Waals surface area contributed by atoms with Gasteiger partial charge in [-0.25, -0.2) is 15.0 Å². The van der Waals surface area contributed by atoms with Crippen LogP contribution in [-0.4, -0.2) is 88.4 Å². The zero-order valence-electron chi connectivity index (χ0n) is 19.9. The normalized spacial score (nSPS) is 19.6. The summed E-state index contributed by atoms with van der Waals surface area (Å²) in [6.45, 7) is 5.88. The third-order valence-electron chi connectivity index (χ3n) is 6.80. The van der Waals surface area contributed by atoms with Crippen LogP contribution in [0.3, 0.4) is 0 Å². The van der Waals surface area contributed by atoms with Crippen LogP contribution in [0.1, 0.15) is 47.0 Å². The molecule has 2 saturated heterocycles. The first-order valence-electron chi connectivity index (χ1n) is 11.8. The summed E-state index contributed by atoms with van der Waals surface area (Å²) in [4.78, 5) is 43.9. The zero-order valence-corrected chi connectivity index (χ0v) is 21.4. The number of rotatable bonds is 5. The van der Waals surface area contributed by atoms with Crippen LogP contribution in [0.5, 0.6) is 0 Å². The molecular formula is C23H30Cl2N8O2. The molecule has 35 heavy (non-hydrogen) atoms. The number of anilines is 2. The molecular weight excluding hydrogens is 491 g/mol. The molecule has 2 fully saturated rings. The number of likely N-dealkylation sites (tertiary alicyclic amines) is 1. The first-order chi connectivity index (χ1) is 16.8. The summed E-state index contributed by atoms with van der Waals surface area (Å²) in [5.41, 5.74) is 6.59. The Labute approximate surface area is 214 Å². The van der Waals surface area contributed by atoms with E-state index in [0.717, 1.165) is 38.9 Å². The minimum Gasteiger partial charge on any atom is -0.382 e. The summed E-state index contributed by atoms with van der Waals surface area (Å²) in [6, 6.07) is 4.06. The van der Waals surface area contributed by atoms with Crippen molar-refractivity contribution in [1.29, 1.82) is 0 Å². The van der Waals surface area contributed by atoms with Gasteiger partial charge in [-0.2, -0.15) is 0 Å². The number of hydrogen-bond acceptors (Lipinski definition) is 8. The van der Waals surface area contributed by atoms with Gasteiger partial charge in [0, 0.05) is 58.1 Å². The van der Waals surface area contributed by atoms with Crippen molar-refractivity contribution < 1.29 is 9.59 Å². The van der Waals surface area contributed by atoms with Gasteiger partial charge < -0.3 is 20.9 Å². The van der Waals surface area contributed by atoms with Crippen LogP contribution in [0.4, 0.5) is 11.6 Å². The maximum absolute atomic E-state index is 12.8. The second-order valence-electron chi connectivity index (χ2n) is 8.79. The number of piperazine rings is 1. The first-order valence-corrected chi connectivity index (χ1v) is 12.5. The molecule has 0 aromatic carbocycles. The largest absolute Gasteiger partial charge is 0.382 e. The molecule has 10 nitrogen and oxygen atoms in total. The SMILES string of the molecule is CC[C@H]1CN(c2nc(N)c(C(=O)NC)nc2Cl)CCN1C1CCN(C(=O)c2ccc(Cl)nc2)CC1. The Hall–Kier alpha value is -2.69. The fraction of sp³-hybridized carbons (Fsp3) is 0.522. The van der Waals surface area contributed by atoms with Crippen LogP contribution >= 0.6 is 23.2 Å². The van der Waals surface area contributed by atoms with Crippen LogP contribution in [0.25, 0.3) is 0 Å². The van der Waals surface area contributed by atoms with Gasteiger partial charge in [-0.05, 0) is 31.4 Å². The minimum absolute atomic E-state index is 0.00418. The molecule has 0 aliphatic carbocycles. The summed E-state index contributed by atoms with van der Waals surface area (Å²) in [6.07, 6.45) is 4.32. The van der Waals surface area contributed by atoms with Crippen molar-refractivity contribution in [3.63, 3.8) is 0 Å². The third-order valence-corrected chi connectivity index (χ3v) is 7.28. The van der Waals surface area contributed by atoms with Gasteiger partial charge in [-0.1, -0.05) is 30.1 Å². The van der Waals surface area contributed by atoms with E-state index >= 15 is 0 Å². The Morgan fingerprint density at radius 3 is 2.51 bits per heavy atom. The average molecular weight is 521 g/mol. The van der Waals surface area contributed by atoms with Crippen LogP contribution in [0, 0.1) is 0 Å². The van der Waals surface area contributed by atoms with Crippen molar-refractivity contribution in [2.75, 3.05) is 50.4 Å². The van der Waals surface area contributed by atoms with Crippen LogP contribution < -0.4 is 16.0 Å². The molecule has 2 aliphatic heterocycles. The molecule has 0 spiro atoms. The second kappa shape index (κ2) is 10.9. The highest BCUT2D eigenvalue weighted by molar-refractivity contribution is 6.32. The Kier molecular flexibility index (Phi) is 7.93. The molecule has 12 heteroatoms. The predicted molar refractivity (Wildman–Crippen MR) is 136 cm³/mol. The molecule has 0 unspecified atom stereocenters. The number of amides is 2. The lowest BCUT2D eigenvalue weighted by atomic mass is 9.98. The average Bonchev–Trinajstić information content (AvgIpc) is 2.89. The second-order valence-corrected chi connectivity index (χ2v) is 9.54. The van der Waals surface area contributed by atoms with Gasteiger partial charge in [0.05, 0.1) is 5.56 Å². The number of nitrogens with zero attached hydrogens (tertiary/aromatic N) is 6. The minimum atomic E-state index is -0.420. The summed E-state index contributed by atoms with van der Waals surface area (Å²) in [5.74, 6) is 0.145. The highest BCUT2D eigenvalue weighted by atomic mass is 35.5. The summed E-state index contributed by atoms with van der Waals surface area (Å²) < 4.78 is 0. The Morgan fingerprint density at radius 1 is 1.14 bits per heavy atom. The van der Waals surface area contributed by atoms with E-state index in [1.807, 2.05) is 4.90 Å². The van der Waals surface area contributed by atoms with E-state index < -0.39 is 5.91 Å². The van der Waals surface area contributed by atoms with E-state index in [4.69, 9.17) is 28.9 Å². The van der Waals surface area contributed by atoms with E-state index in [1.165, 1.54) is 13.2 Å². The molecule has 2 amide bonds.